The van der Waals surface area contributed by atoms with Crippen molar-refractivity contribution in [2.45, 2.75) is 43.0 Å². The zero-order chi connectivity index (χ0) is 26.2. The van der Waals surface area contributed by atoms with E-state index in [-0.39, 0.29) is 36.3 Å². The summed E-state index contributed by atoms with van der Waals surface area (Å²) in [4.78, 5) is 32.9. The molecule has 0 atom stereocenters. The fraction of sp³-hybridized carbons (Fsp3) is 0.481. The Morgan fingerprint density at radius 1 is 0.973 bits per heavy atom. The van der Waals surface area contributed by atoms with Crippen molar-refractivity contribution in [2.24, 2.45) is 5.92 Å². The summed E-state index contributed by atoms with van der Waals surface area (Å²) in [6.07, 6.45) is 2.70. The first kappa shape index (κ1) is 26.2. The van der Waals surface area contributed by atoms with Crippen LogP contribution in [-0.4, -0.2) is 79.3 Å². The van der Waals surface area contributed by atoms with E-state index in [1.54, 1.807) is 29.2 Å². The van der Waals surface area contributed by atoms with Crippen LogP contribution in [0, 0.1) is 5.92 Å². The second-order valence-corrected chi connectivity index (χ2v) is 13.2. The highest BCUT2D eigenvalue weighted by atomic mass is 79.9. The molecule has 0 aromatic heterocycles. The van der Waals surface area contributed by atoms with Gasteiger partial charge >= 0.3 is 0 Å². The average molecular weight is 590 g/mol. The van der Waals surface area contributed by atoms with Gasteiger partial charge in [-0.15, -0.1) is 0 Å². The number of para-hydroxylation sites is 1. The second-order valence-electron chi connectivity index (χ2n) is 10.4. The van der Waals surface area contributed by atoms with Crippen LogP contribution in [0.3, 0.4) is 0 Å². The molecule has 198 valence electrons. The van der Waals surface area contributed by atoms with E-state index in [0.717, 1.165) is 36.1 Å². The van der Waals surface area contributed by atoms with Gasteiger partial charge in [-0.3, -0.25) is 9.59 Å². The Kier molecular flexibility index (Phi) is 7.35. The number of halogens is 1. The maximum atomic E-state index is 13.9. The van der Waals surface area contributed by atoms with E-state index in [2.05, 4.69) is 27.8 Å². The molecule has 3 aliphatic rings. The van der Waals surface area contributed by atoms with Crippen molar-refractivity contribution in [1.29, 1.82) is 0 Å². The SMILES string of the molecule is CC1CCN(C(=O)CN2CN(c3ccccc3)C3(CCN(S(=O)(=O)c4ccc(Br)cc4)CC3)C2=O)CC1. The molecule has 8 nitrogen and oxygen atoms in total. The molecule has 3 fully saturated rings. The third kappa shape index (κ3) is 5.03. The molecule has 0 N–H and O–H groups in total. The Bertz CT molecular complexity index is 1240. The fourth-order valence-corrected chi connectivity index (χ4v) is 7.40. The molecule has 5 rings (SSSR count). The first-order valence-electron chi connectivity index (χ1n) is 12.9. The molecule has 3 heterocycles. The van der Waals surface area contributed by atoms with Gasteiger partial charge < -0.3 is 14.7 Å². The van der Waals surface area contributed by atoms with Crippen molar-refractivity contribution in [3.05, 3.63) is 59.1 Å². The summed E-state index contributed by atoms with van der Waals surface area (Å²) < 4.78 is 28.9. The molecule has 2 amide bonds. The van der Waals surface area contributed by atoms with Crippen molar-refractivity contribution < 1.29 is 18.0 Å². The van der Waals surface area contributed by atoms with E-state index in [9.17, 15) is 18.0 Å². The quantitative estimate of drug-likeness (QED) is 0.533. The minimum atomic E-state index is -3.67. The number of hydrogen-bond acceptors (Lipinski definition) is 5. The van der Waals surface area contributed by atoms with Gasteiger partial charge in [0, 0.05) is 36.3 Å². The summed E-state index contributed by atoms with van der Waals surface area (Å²) in [6.45, 7) is 4.52. The average Bonchev–Trinajstić information content (AvgIpc) is 3.16. The van der Waals surface area contributed by atoms with E-state index in [1.807, 2.05) is 35.2 Å². The summed E-state index contributed by atoms with van der Waals surface area (Å²) in [5, 5.41) is 0. The topological polar surface area (TPSA) is 81.2 Å². The number of hydrogen-bond donors (Lipinski definition) is 0. The third-order valence-corrected chi connectivity index (χ3v) is 10.5. The Labute approximate surface area is 227 Å². The minimum absolute atomic E-state index is 0.0134. The Morgan fingerprint density at radius 2 is 1.59 bits per heavy atom. The summed E-state index contributed by atoms with van der Waals surface area (Å²) in [5.41, 5.74) is 0.0332. The molecule has 2 aromatic carbocycles. The molecular formula is C27H33BrN4O4S. The number of sulfonamides is 1. The van der Waals surface area contributed by atoms with Crippen LogP contribution in [-0.2, 0) is 19.6 Å². The monoisotopic (exact) mass is 588 g/mol. The number of benzene rings is 2. The number of anilines is 1. The largest absolute Gasteiger partial charge is 0.341 e. The van der Waals surface area contributed by atoms with Crippen LogP contribution in [0.4, 0.5) is 5.69 Å². The normalized spacial score (nSPS) is 21.1. The molecule has 3 saturated heterocycles. The van der Waals surface area contributed by atoms with Crippen molar-refractivity contribution in [3.8, 4) is 0 Å². The Balaban J connectivity index is 1.36. The van der Waals surface area contributed by atoms with Crippen LogP contribution in [0.2, 0.25) is 0 Å². The van der Waals surface area contributed by atoms with E-state index >= 15 is 0 Å². The van der Waals surface area contributed by atoms with E-state index in [0.29, 0.717) is 25.4 Å². The number of piperidine rings is 2. The first-order chi connectivity index (χ1) is 17.7. The summed E-state index contributed by atoms with van der Waals surface area (Å²) in [6, 6.07) is 16.4. The zero-order valence-electron chi connectivity index (χ0n) is 21.1. The highest BCUT2D eigenvalue weighted by Gasteiger charge is 2.55. The number of amides is 2. The van der Waals surface area contributed by atoms with Crippen molar-refractivity contribution >= 4 is 43.5 Å². The van der Waals surface area contributed by atoms with Gasteiger partial charge in [-0.1, -0.05) is 41.1 Å². The smallest absolute Gasteiger partial charge is 0.250 e. The standard InChI is InChI=1S/C27H33BrN4O4S/c1-21-11-15-29(16-12-21)25(33)19-30-20-32(23-5-3-2-4-6-23)27(26(30)34)13-17-31(18-14-27)37(35,36)24-9-7-22(28)8-10-24/h2-10,21H,11-20H2,1H3. The molecular weight excluding hydrogens is 556 g/mol. The van der Waals surface area contributed by atoms with Crippen LogP contribution in [0.25, 0.3) is 0 Å². The number of likely N-dealkylation sites (tertiary alicyclic amines) is 1. The lowest BCUT2D eigenvalue weighted by Gasteiger charge is -2.42. The predicted octanol–water partition coefficient (Wildman–Crippen LogP) is 3.54. The van der Waals surface area contributed by atoms with Crippen LogP contribution >= 0.6 is 15.9 Å². The second kappa shape index (κ2) is 10.4. The predicted molar refractivity (Wildman–Crippen MR) is 145 cm³/mol. The first-order valence-corrected chi connectivity index (χ1v) is 15.1. The van der Waals surface area contributed by atoms with Gasteiger partial charge in [0.05, 0.1) is 11.6 Å². The van der Waals surface area contributed by atoms with Gasteiger partial charge in [-0.2, -0.15) is 4.31 Å². The Morgan fingerprint density at radius 3 is 2.22 bits per heavy atom. The van der Waals surface area contributed by atoms with Gasteiger partial charge in [0.25, 0.3) is 0 Å². The number of carbonyl (C=O) groups excluding carboxylic acids is 2. The Hall–Kier alpha value is -2.43. The summed E-state index contributed by atoms with van der Waals surface area (Å²) in [5.74, 6) is 0.518. The molecule has 2 aromatic rings. The van der Waals surface area contributed by atoms with Crippen LogP contribution in [0.5, 0.6) is 0 Å². The maximum Gasteiger partial charge on any atom is 0.250 e. The van der Waals surface area contributed by atoms with Gasteiger partial charge in [-0.25, -0.2) is 8.42 Å². The summed E-state index contributed by atoms with van der Waals surface area (Å²) >= 11 is 3.35. The van der Waals surface area contributed by atoms with Crippen molar-refractivity contribution in [1.82, 2.24) is 14.1 Å². The molecule has 0 aliphatic carbocycles. The van der Waals surface area contributed by atoms with Gasteiger partial charge in [0.1, 0.15) is 12.1 Å². The van der Waals surface area contributed by atoms with E-state index < -0.39 is 15.6 Å². The zero-order valence-corrected chi connectivity index (χ0v) is 23.5. The third-order valence-electron chi connectivity index (χ3n) is 8.05. The highest BCUT2D eigenvalue weighted by Crippen LogP contribution is 2.40. The van der Waals surface area contributed by atoms with Crippen LogP contribution < -0.4 is 4.90 Å². The van der Waals surface area contributed by atoms with Crippen LogP contribution in [0.15, 0.2) is 64.0 Å². The molecule has 1 spiro atoms. The van der Waals surface area contributed by atoms with E-state index in [1.165, 1.54) is 4.31 Å². The molecule has 0 radical (unpaired) electrons. The molecule has 0 saturated carbocycles. The van der Waals surface area contributed by atoms with Gasteiger partial charge in [0.2, 0.25) is 21.8 Å². The number of nitrogens with zero attached hydrogens (tertiary/aromatic N) is 4. The number of rotatable bonds is 5. The minimum Gasteiger partial charge on any atom is -0.341 e. The van der Waals surface area contributed by atoms with Gasteiger partial charge in [-0.05, 0) is 68.0 Å². The van der Waals surface area contributed by atoms with Gasteiger partial charge in [0.15, 0.2) is 0 Å². The van der Waals surface area contributed by atoms with Crippen LogP contribution in [0.1, 0.15) is 32.6 Å². The molecule has 0 bridgehead atoms. The molecule has 10 heteroatoms. The lowest BCUT2D eigenvalue weighted by Crippen LogP contribution is -2.57. The van der Waals surface area contributed by atoms with E-state index in [4.69, 9.17) is 0 Å². The molecule has 0 unspecified atom stereocenters. The lowest BCUT2D eigenvalue weighted by molar-refractivity contribution is -0.141. The fourth-order valence-electron chi connectivity index (χ4n) is 5.70. The lowest BCUT2D eigenvalue weighted by atomic mass is 9.86. The summed E-state index contributed by atoms with van der Waals surface area (Å²) in [7, 11) is -3.67. The van der Waals surface area contributed by atoms with Crippen molar-refractivity contribution in [2.75, 3.05) is 44.3 Å². The van der Waals surface area contributed by atoms with Crippen molar-refractivity contribution in [3.63, 3.8) is 0 Å². The maximum absolute atomic E-state index is 13.9. The highest BCUT2D eigenvalue weighted by molar-refractivity contribution is 9.10. The molecule has 37 heavy (non-hydrogen) atoms. The molecule has 3 aliphatic heterocycles. The number of carbonyl (C=O) groups is 2.